The van der Waals surface area contributed by atoms with Crippen LogP contribution < -0.4 is 0 Å². The van der Waals surface area contributed by atoms with Gasteiger partial charge in [0.05, 0.1) is 17.6 Å². The van der Waals surface area contributed by atoms with E-state index in [1.807, 2.05) is 0 Å². The molecule has 0 radical (unpaired) electrons. The molecule has 5 heteroatoms. The fourth-order valence-electron chi connectivity index (χ4n) is 2.39. The minimum absolute atomic E-state index is 0.523. The molecule has 82 valence electrons. The van der Waals surface area contributed by atoms with E-state index in [1.54, 1.807) is 11.3 Å². The van der Waals surface area contributed by atoms with Crippen LogP contribution in [0.3, 0.4) is 0 Å². The molecule has 15 heavy (non-hydrogen) atoms. The molecule has 3 aliphatic heterocycles. The van der Waals surface area contributed by atoms with Crippen LogP contribution in [0.2, 0.25) is 0 Å². The van der Waals surface area contributed by atoms with E-state index in [4.69, 9.17) is 11.6 Å². The third kappa shape index (κ3) is 1.80. The Morgan fingerprint density at radius 3 is 2.73 bits per heavy atom. The quantitative estimate of drug-likeness (QED) is 0.735. The van der Waals surface area contributed by atoms with Gasteiger partial charge in [-0.1, -0.05) is 0 Å². The molecule has 1 unspecified atom stereocenters. The van der Waals surface area contributed by atoms with Crippen LogP contribution in [0.15, 0.2) is 5.38 Å². The normalized spacial score (nSPS) is 34.6. The number of halogens is 1. The molecule has 0 aliphatic carbocycles. The molecule has 0 spiro atoms. The molecule has 3 fully saturated rings. The number of thiazole rings is 1. The van der Waals surface area contributed by atoms with Crippen molar-refractivity contribution < 1.29 is 0 Å². The second kappa shape index (κ2) is 4.01. The van der Waals surface area contributed by atoms with Gasteiger partial charge in [-0.3, -0.25) is 9.80 Å². The second-order valence-corrected chi connectivity index (χ2v) is 5.32. The molecule has 3 saturated heterocycles. The number of hydrogen-bond donors (Lipinski definition) is 0. The lowest BCUT2D eigenvalue weighted by atomic mass is 10.1. The predicted octanol–water partition coefficient (Wildman–Crippen LogP) is 1.55. The van der Waals surface area contributed by atoms with Crippen molar-refractivity contribution in [2.45, 2.75) is 11.9 Å². The Hall–Kier alpha value is -0.160. The summed E-state index contributed by atoms with van der Waals surface area (Å²) in [6, 6.07) is 0.523. The third-order valence-corrected chi connectivity index (χ3v) is 4.54. The highest BCUT2D eigenvalue weighted by atomic mass is 35.5. The molecule has 1 aromatic rings. The molecule has 3 aliphatic rings. The van der Waals surface area contributed by atoms with E-state index in [0.717, 1.165) is 12.2 Å². The molecular weight excluding hydrogens is 230 g/mol. The van der Waals surface area contributed by atoms with Crippen LogP contribution in [-0.4, -0.2) is 47.5 Å². The van der Waals surface area contributed by atoms with Gasteiger partial charge in [0.1, 0.15) is 5.01 Å². The Balaban J connectivity index is 1.81. The summed E-state index contributed by atoms with van der Waals surface area (Å²) in [6.45, 7) is 5.99. The zero-order chi connectivity index (χ0) is 10.3. The minimum atomic E-state index is 0.523. The van der Waals surface area contributed by atoms with Gasteiger partial charge in [0.15, 0.2) is 0 Å². The monoisotopic (exact) mass is 243 g/mol. The SMILES string of the molecule is ClCc1csc(C2CN3CCN2CC3)n1. The molecular formula is C10H14ClN3S. The van der Waals surface area contributed by atoms with Crippen LogP contribution in [0.4, 0.5) is 0 Å². The molecule has 0 saturated carbocycles. The molecule has 0 amide bonds. The highest BCUT2D eigenvalue weighted by molar-refractivity contribution is 7.09. The van der Waals surface area contributed by atoms with E-state index in [9.17, 15) is 0 Å². The van der Waals surface area contributed by atoms with Gasteiger partial charge < -0.3 is 0 Å². The Morgan fingerprint density at radius 2 is 2.20 bits per heavy atom. The van der Waals surface area contributed by atoms with E-state index in [2.05, 4.69) is 20.2 Å². The van der Waals surface area contributed by atoms with Crippen molar-refractivity contribution in [3.05, 3.63) is 16.1 Å². The van der Waals surface area contributed by atoms with Crippen molar-refractivity contribution in [2.75, 3.05) is 32.7 Å². The summed E-state index contributed by atoms with van der Waals surface area (Å²) < 4.78 is 0. The molecule has 0 N–H and O–H groups in total. The van der Waals surface area contributed by atoms with Crippen molar-refractivity contribution in [2.24, 2.45) is 0 Å². The summed E-state index contributed by atoms with van der Waals surface area (Å²) in [5, 5.41) is 3.33. The maximum atomic E-state index is 5.78. The smallest absolute Gasteiger partial charge is 0.111 e. The number of rotatable bonds is 2. The Bertz CT molecular complexity index is 346. The zero-order valence-corrected chi connectivity index (χ0v) is 10.1. The van der Waals surface area contributed by atoms with Gasteiger partial charge in [0.2, 0.25) is 0 Å². The zero-order valence-electron chi connectivity index (χ0n) is 8.53. The number of fused-ring (bicyclic) bond motifs is 3. The van der Waals surface area contributed by atoms with Crippen LogP contribution in [-0.2, 0) is 5.88 Å². The average Bonchev–Trinajstić information content (AvgIpc) is 2.79. The van der Waals surface area contributed by atoms with Gasteiger partial charge in [0.25, 0.3) is 0 Å². The van der Waals surface area contributed by atoms with Crippen molar-refractivity contribution in [1.29, 1.82) is 0 Å². The van der Waals surface area contributed by atoms with Crippen molar-refractivity contribution in [3.8, 4) is 0 Å². The van der Waals surface area contributed by atoms with Gasteiger partial charge >= 0.3 is 0 Å². The summed E-state index contributed by atoms with van der Waals surface area (Å²) in [4.78, 5) is 9.68. The molecule has 3 nitrogen and oxygen atoms in total. The predicted molar refractivity (Wildman–Crippen MR) is 62.4 cm³/mol. The first-order valence-electron chi connectivity index (χ1n) is 5.33. The largest absolute Gasteiger partial charge is 0.299 e. The molecule has 4 rings (SSSR count). The van der Waals surface area contributed by atoms with Crippen LogP contribution in [0.1, 0.15) is 16.7 Å². The van der Waals surface area contributed by atoms with E-state index in [1.165, 1.54) is 31.2 Å². The number of alkyl halides is 1. The third-order valence-electron chi connectivity index (χ3n) is 3.27. The average molecular weight is 244 g/mol. The number of aromatic nitrogens is 1. The van der Waals surface area contributed by atoms with E-state index in [0.29, 0.717) is 11.9 Å². The summed E-state index contributed by atoms with van der Waals surface area (Å²) in [5.74, 6) is 0.535. The van der Waals surface area contributed by atoms with Crippen molar-refractivity contribution in [3.63, 3.8) is 0 Å². The topological polar surface area (TPSA) is 19.4 Å². The molecule has 2 bridgehead atoms. The van der Waals surface area contributed by atoms with Gasteiger partial charge in [-0.2, -0.15) is 0 Å². The lowest BCUT2D eigenvalue weighted by molar-refractivity contribution is 0.0122. The molecule has 0 aromatic carbocycles. The summed E-state index contributed by atoms with van der Waals surface area (Å²) in [6.07, 6.45) is 0. The molecule has 4 heterocycles. The molecule has 1 atom stereocenters. The highest BCUT2D eigenvalue weighted by Gasteiger charge is 2.34. The van der Waals surface area contributed by atoms with Gasteiger partial charge in [-0.15, -0.1) is 22.9 Å². The van der Waals surface area contributed by atoms with Gasteiger partial charge in [0, 0.05) is 38.1 Å². The fraction of sp³-hybridized carbons (Fsp3) is 0.700. The fourth-order valence-corrected chi connectivity index (χ4v) is 3.56. The maximum Gasteiger partial charge on any atom is 0.111 e. The van der Waals surface area contributed by atoms with Crippen LogP contribution in [0.5, 0.6) is 0 Å². The Kier molecular flexibility index (Phi) is 2.68. The van der Waals surface area contributed by atoms with Gasteiger partial charge in [-0.05, 0) is 0 Å². The first-order valence-corrected chi connectivity index (χ1v) is 6.75. The van der Waals surface area contributed by atoms with Crippen LogP contribution >= 0.6 is 22.9 Å². The van der Waals surface area contributed by atoms with Crippen molar-refractivity contribution in [1.82, 2.24) is 14.8 Å². The lowest BCUT2D eigenvalue weighted by Crippen LogP contribution is -2.56. The summed E-state index contributed by atoms with van der Waals surface area (Å²) in [5.41, 5.74) is 1.02. The first-order chi connectivity index (χ1) is 7.36. The lowest BCUT2D eigenvalue weighted by Gasteiger charge is -2.46. The standard InChI is InChI=1S/C10H14ClN3S/c11-5-8-7-15-10(12-8)9-6-13-1-3-14(9)4-2-13/h7,9H,1-6H2. The van der Waals surface area contributed by atoms with E-state index in [-0.39, 0.29) is 0 Å². The van der Waals surface area contributed by atoms with E-state index >= 15 is 0 Å². The Labute approximate surface area is 98.7 Å². The van der Waals surface area contributed by atoms with E-state index < -0.39 is 0 Å². The number of piperazine rings is 3. The summed E-state index contributed by atoms with van der Waals surface area (Å²) in [7, 11) is 0. The van der Waals surface area contributed by atoms with Crippen molar-refractivity contribution >= 4 is 22.9 Å². The first kappa shape index (κ1) is 10.0. The Morgan fingerprint density at radius 1 is 1.40 bits per heavy atom. The highest BCUT2D eigenvalue weighted by Crippen LogP contribution is 2.30. The van der Waals surface area contributed by atoms with Gasteiger partial charge in [-0.25, -0.2) is 4.98 Å². The van der Waals surface area contributed by atoms with Crippen LogP contribution in [0, 0.1) is 0 Å². The van der Waals surface area contributed by atoms with Crippen LogP contribution in [0.25, 0.3) is 0 Å². The second-order valence-electron chi connectivity index (χ2n) is 4.16. The number of hydrogen-bond acceptors (Lipinski definition) is 4. The number of nitrogens with zero attached hydrogens (tertiary/aromatic N) is 3. The maximum absolute atomic E-state index is 5.78. The minimum Gasteiger partial charge on any atom is -0.299 e. The summed E-state index contributed by atoms with van der Waals surface area (Å²) >= 11 is 7.53. The molecule has 1 aromatic heterocycles.